The van der Waals surface area contributed by atoms with Crippen molar-refractivity contribution in [2.75, 3.05) is 0 Å². The molecular formula is C19H14Cl2N4O3S. The van der Waals surface area contributed by atoms with Crippen LogP contribution in [0.15, 0.2) is 48.5 Å². The Balaban J connectivity index is 1.93. The maximum Gasteiger partial charge on any atom is 0.328 e. The number of nitrogens with one attached hydrogen (secondary N) is 4. The van der Waals surface area contributed by atoms with Gasteiger partial charge in [0.1, 0.15) is 0 Å². The zero-order chi connectivity index (χ0) is 20.8. The van der Waals surface area contributed by atoms with Gasteiger partial charge < -0.3 is 10.6 Å². The van der Waals surface area contributed by atoms with Crippen LogP contribution in [-0.4, -0.2) is 23.0 Å². The molecule has 0 aliphatic carbocycles. The third kappa shape index (κ3) is 3.23. The number of rotatable bonds is 2. The topological polar surface area (TPSA) is 99.3 Å². The lowest BCUT2D eigenvalue weighted by atomic mass is 9.66. The van der Waals surface area contributed by atoms with E-state index >= 15 is 0 Å². The molecule has 2 aromatic carbocycles. The van der Waals surface area contributed by atoms with Gasteiger partial charge in [-0.25, -0.2) is 4.79 Å². The maximum absolute atomic E-state index is 13.2. The molecule has 7 nitrogen and oxygen atoms in total. The van der Waals surface area contributed by atoms with E-state index in [2.05, 4.69) is 21.3 Å². The fourth-order valence-electron chi connectivity index (χ4n) is 3.77. The van der Waals surface area contributed by atoms with Crippen molar-refractivity contribution in [1.29, 1.82) is 0 Å². The summed E-state index contributed by atoms with van der Waals surface area (Å²) in [4.78, 5) is 38.2. The smallest absolute Gasteiger partial charge is 0.328 e. The zero-order valence-corrected chi connectivity index (χ0v) is 17.0. The molecule has 2 fully saturated rings. The van der Waals surface area contributed by atoms with E-state index in [9.17, 15) is 14.4 Å². The Labute approximate surface area is 181 Å². The number of carbonyl (C=O) groups excluding carboxylic acids is 3. The van der Waals surface area contributed by atoms with Crippen molar-refractivity contribution in [1.82, 2.24) is 21.3 Å². The third-order valence-electron chi connectivity index (χ3n) is 5.07. The number of urea groups is 1. The SMILES string of the molecule is O=C1NC(=O)C2(C(=O)N1)[C@H](c1ccc(Cl)cc1)NC(=S)N[C@H]2c1ccc(Cl)cc1. The van der Waals surface area contributed by atoms with Gasteiger partial charge in [0.05, 0.1) is 12.1 Å². The largest absolute Gasteiger partial charge is 0.354 e. The Kier molecular flexibility index (Phi) is 4.94. The van der Waals surface area contributed by atoms with Crippen molar-refractivity contribution in [3.05, 3.63) is 69.7 Å². The van der Waals surface area contributed by atoms with Gasteiger partial charge in [-0.2, -0.15) is 0 Å². The highest BCUT2D eigenvalue weighted by molar-refractivity contribution is 7.80. The van der Waals surface area contributed by atoms with E-state index in [1.807, 2.05) is 0 Å². The molecule has 1 spiro atoms. The molecule has 29 heavy (non-hydrogen) atoms. The van der Waals surface area contributed by atoms with Gasteiger partial charge in [0.25, 0.3) is 0 Å². The van der Waals surface area contributed by atoms with Gasteiger partial charge in [-0.05, 0) is 47.6 Å². The molecule has 148 valence electrons. The quantitative estimate of drug-likeness (QED) is 0.416. The van der Waals surface area contributed by atoms with Crippen LogP contribution in [0.3, 0.4) is 0 Å². The monoisotopic (exact) mass is 448 g/mol. The molecule has 2 aromatic rings. The first-order valence-corrected chi connectivity index (χ1v) is 9.73. The van der Waals surface area contributed by atoms with Crippen LogP contribution < -0.4 is 21.3 Å². The summed E-state index contributed by atoms with van der Waals surface area (Å²) in [5.74, 6) is -1.48. The Bertz CT molecular complexity index is 947. The second-order valence-electron chi connectivity index (χ2n) is 6.69. The summed E-state index contributed by atoms with van der Waals surface area (Å²) in [5.41, 5.74) is -0.536. The minimum atomic E-state index is -1.75. The first-order valence-electron chi connectivity index (χ1n) is 8.57. The fourth-order valence-corrected chi connectivity index (χ4v) is 4.26. The number of hydrogen-bond donors (Lipinski definition) is 4. The van der Waals surface area contributed by atoms with Gasteiger partial charge in [0.2, 0.25) is 11.8 Å². The van der Waals surface area contributed by atoms with Crippen LogP contribution in [0.1, 0.15) is 23.2 Å². The van der Waals surface area contributed by atoms with Crippen LogP contribution in [0.5, 0.6) is 0 Å². The number of thiocarbonyl (C=S) groups is 1. The molecule has 0 radical (unpaired) electrons. The fraction of sp³-hybridized carbons (Fsp3) is 0.158. The molecule has 2 atom stereocenters. The normalized spacial score (nSPS) is 23.1. The summed E-state index contributed by atoms with van der Waals surface area (Å²) in [6, 6.07) is 10.8. The van der Waals surface area contributed by atoms with Crippen LogP contribution in [0, 0.1) is 5.41 Å². The second-order valence-corrected chi connectivity index (χ2v) is 7.97. The Morgan fingerprint density at radius 1 is 0.724 bits per heavy atom. The van der Waals surface area contributed by atoms with Crippen molar-refractivity contribution in [2.24, 2.45) is 5.41 Å². The van der Waals surface area contributed by atoms with E-state index in [1.165, 1.54) is 0 Å². The van der Waals surface area contributed by atoms with E-state index in [1.54, 1.807) is 48.5 Å². The summed E-state index contributed by atoms with van der Waals surface area (Å²) in [6.45, 7) is 0. The molecule has 0 saturated carbocycles. The first kappa shape index (κ1) is 19.6. The zero-order valence-electron chi connectivity index (χ0n) is 14.7. The van der Waals surface area contributed by atoms with Gasteiger partial charge in [0.15, 0.2) is 10.5 Å². The number of benzene rings is 2. The molecule has 0 unspecified atom stereocenters. The lowest BCUT2D eigenvalue weighted by molar-refractivity contribution is -0.149. The predicted octanol–water partition coefficient (Wildman–Crippen LogP) is 2.61. The summed E-state index contributed by atoms with van der Waals surface area (Å²) in [5, 5.41) is 11.7. The summed E-state index contributed by atoms with van der Waals surface area (Å²) < 4.78 is 0. The molecule has 0 bridgehead atoms. The Hall–Kier alpha value is -2.68. The predicted molar refractivity (Wildman–Crippen MR) is 111 cm³/mol. The van der Waals surface area contributed by atoms with Crippen molar-refractivity contribution in [2.45, 2.75) is 12.1 Å². The third-order valence-corrected chi connectivity index (χ3v) is 5.81. The van der Waals surface area contributed by atoms with E-state index in [0.717, 1.165) is 0 Å². The van der Waals surface area contributed by atoms with Crippen molar-refractivity contribution >= 4 is 58.4 Å². The molecule has 4 amide bonds. The van der Waals surface area contributed by atoms with Gasteiger partial charge in [-0.15, -0.1) is 0 Å². The lowest BCUT2D eigenvalue weighted by Crippen LogP contribution is -2.73. The molecule has 0 aromatic heterocycles. The highest BCUT2D eigenvalue weighted by Gasteiger charge is 2.63. The van der Waals surface area contributed by atoms with Crippen molar-refractivity contribution in [3.8, 4) is 0 Å². The molecule has 10 heteroatoms. The molecule has 2 aliphatic heterocycles. The van der Waals surface area contributed by atoms with Gasteiger partial charge in [0, 0.05) is 10.0 Å². The van der Waals surface area contributed by atoms with E-state index in [0.29, 0.717) is 21.2 Å². The van der Waals surface area contributed by atoms with Crippen LogP contribution in [0.2, 0.25) is 10.0 Å². The van der Waals surface area contributed by atoms with Crippen LogP contribution in [0.4, 0.5) is 4.79 Å². The van der Waals surface area contributed by atoms with E-state index in [-0.39, 0.29) is 5.11 Å². The highest BCUT2D eigenvalue weighted by Crippen LogP contribution is 2.48. The Morgan fingerprint density at radius 2 is 1.10 bits per heavy atom. The molecule has 2 heterocycles. The average molecular weight is 449 g/mol. The molecular weight excluding hydrogens is 435 g/mol. The first-order chi connectivity index (χ1) is 13.8. The minimum Gasteiger partial charge on any atom is -0.354 e. The van der Waals surface area contributed by atoms with Gasteiger partial charge in [-0.3, -0.25) is 20.2 Å². The van der Waals surface area contributed by atoms with Crippen molar-refractivity contribution < 1.29 is 14.4 Å². The summed E-state index contributed by atoms with van der Waals surface area (Å²) >= 11 is 17.4. The van der Waals surface area contributed by atoms with Gasteiger partial charge in [-0.1, -0.05) is 47.5 Å². The van der Waals surface area contributed by atoms with Crippen LogP contribution in [0.25, 0.3) is 0 Å². The molecule has 2 aliphatic rings. The summed E-state index contributed by atoms with van der Waals surface area (Å²) in [6.07, 6.45) is 0. The second kappa shape index (κ2) is 7.29. The standard InChI is InChI=1S/C19H14Cl2N4O3S/c20-11-5-1-9(2-6-11)13-19(15(26)24-17(28)25-16(19)27)14(23-18(29)22-13)10-3-7-12(21)8-4-10/h1-8,13-14H,(H2,22,23,29)(H2,24,25,26,27,28)/t13-,14-/m0/s1. The van der Waals surface area contributed by atoms with Gasteiger partial charge >= 0.3 is 6.03 Å². The number of halogens is 2. The van der Waals surface area contributed by atoms with Crippen molar-refractivity contribution in [3.63, 3.8) is 0 Å². The number of hydrogen-bond acceptors (Lipinski definition) is 4. The number of carbonyl (C=O) groups is 3. The minimum absolute atomic E-state index is 0.257. The number of amides is 4. The number of imide groups is 2. The van der Waals surface area contributed by atoms with E-state index in [4.69, 9.17) is 35.4 Å². The van der Waals surface area contributed by atoms with Crippen LogP contribution >= 0.6 is 35.4 Å². The van der Waals surface area contributed by atoms with E-state index < -0.39 is 35.3 Å². The number of barbiturate groups is 1. The Morgan fingerprint density at radius 3 is 1.48 bits per heavy atom. The molecule has 2 saturated heterocycles. The molecule has 4 N–H and O–H groups in total. The lowest BCUT2D eigenvalue weighted by Gasteiger charge is -2.49. The maximum atomic E-state index is 13.2. The molecule has 4 rings (SSSR count). The summed E-state index contributed by atoms with van der Waals surface area (Å²) in [7, 11) is 0. The average Bonchev–Trinajstić information content (AvgIpc) is 2.67. The highest BCUT2D eigenvalue weighted by atomic mass is 35.5. The van der Waals surface area contributed by atoms with Crippen LogP contribution in [-0.2, 0) is 9.59 Å².